The number of carbonyl (C=O) groups is 1. The molecule has 0 heterocycles. The van der Waals surface area contributed by atoms with Gasteiger partial charge in [-0.15, -0.1) is 0 Å². The number of nitriles is 1. The Balaban J connectivity index is 1.82. The molecule has 0 spiro atoms. The van der Waals surface area contributed by atoms with E-state index < -0.39 is 12.1 Å². The lowest BCUT2D eigenvalue weighted by Crippen LogP contribution is -2.42. The first-order valence-electron chi connectivity index (χ1n) is 7.18. The number of rotatable bonds is 2. The second-order valence-electron chi connectivity index (χ2n) is 5.87. The van der Waals surface area contributed by atoms with Gasteiger partial charge in [-0.3, -0.25) is 4.79 Å². The lowest BCUT2D eigenvalue weighted by molar-refractivity contribution is -0.184. The summed E-state index contributed by atoms with van der Waals surface area (Å²) in [4.78, 5) is 12.1. The van der Waals surface area contributed by atoms with Crippen molar-refractivity contribution in [3.8, 4) is 6.07 Å². The number of alkyl halides is 3. The first-order chi connectivity index (χ1) is 9.41. The predicted molar refractivity (Wildman–Crippen MR) is 66.4 cm³/mol. The molecule has 2 atom stereocenters. The highest BCUT2D eigenvalue weighted by Crippen LogP contribution is 2.39. The van der Waals surface area contributed by atoms with E-state index in [2.05, 4.69) is 11.4 Å². The summed E-state index contributed by atoms with van der Waals surface area (Å²) < 4.78 is 37.7. The summed E-state index contributed by atoms with van der Waals surface area (Å²) in [7, 11) is 0. The molecule has 2 rings (SSSR count). The molecular formula is C14H19F3N2O. The van der Waals surface area contributed by atoms with Crippen LogP contribution < -0.4 is 5.32 Å². The Kier molecular flexibility index (Phi) is 4.56. The fourth-order valence-corrected chi connectivity index (χ4v) is 3.27. The van der Waals surface area contributed by atoms with Crippen LogP contribution in [0.25, 0.3) is 0 Å². The van der Waals surface area contributed by atoms with E-state index in [1.165, 1.54) is 0 Å². The molecule has 0 radical (unpaired) electrons. The zero-order chi connectivity index (χ0) is 14.8. The number of amides is 1. The van der Waals surface area contributed by atoms with Gasteiger partial charge in [-0.25, -0.2) is 0 Å². The van der Waals surface area contributed by atoms with Crippen molar-refractivity contribution in [2.75, 3.05) is 0 Å². The van der Waals surface area contributed by atoms with Crippen LogP contribution in [0.2, 0.25) is 0 Å². The van der Waals surface area contributed by atoms with E-state index in [-0.39, 0.29) is 36.6 Å². The van der Waals surface area contributed by atoms with Crippen LogP contribution in [0.15, 0.2) is 0 Å². The van der Waals surface area contributed by atoms with E-state index in [1.54, 1.807) is 0 Å². The molecule has 0 aliphatic heterocycles. The molecule has 2 aliphatic rings. The molecule has 1 N–H and O–H groups in total. The number of nitrogens with one attached hydrogen (secondary N) is 1. The van der Waals surface area contributed by atoms with E-state index in [0.29, 0.717) is 12.8 Å². The van der Waals surface area contributed by atoms with E-state index >= 15 is 0 Å². The van der Waals surface area contributed by atoms with Crippen LogP contribution in [0.5, 0.6) is 0 Å². The Labute approximate surface area is 116 Å². The second-order valence-corrected chi connectivity index (χ2v) is 5.87. The van der Waals surface area contributed by atoms with Crippen molar-refractivity contribution in [1.82, 2.24) is 5.32 Å². The van der Waals surface area contributed by atoms with Crippen molar-refractivity contribution in [2.45, 2.75) is 57.2 Å². The van der Waals surface area contributed by atoms with Crippen LogP contribution in [0.3, 0.4) is 0 Å². The first-order valence-corrected chi connectivity index (χ1v) is 7.18. The van der Waals surface area contributed by atoms with Gasteiger partial charge in [-0.1, -0.05) is 0 Å². The topological polar surface area (TPSA) is 52.9 Å². The third-order valence-corrected chi connectivity index (χ3v) is 4.57. The molecule has 2 unspecified atom stereocenters. The lowest BCUT2D eigenvalue weighted by Gasteiger charge is -2.30. The fourth-order valence-electron chi connectivity index (χ4n) is 3.27. The third kappa shape index (κ3) is 3.44. The Morgan fingerprint density at radius 1 is 1.10 bits per heavy atom. The van der Waals surface area contributed by atoms with Gasteiger partial charge in [-0.05, 0) is 44.9 Å². The Hall–Kier alpha value is -1.25. The number of nitrogens with zero attached hydrogens (tertiary/aromatic N) is 1. The van der Waals surface area contributed by atoms with Gasteiger partial charge in [0.25, 0.3) is 0 Å². The van der Waals surface area contributed by atoms with Gasteiger partial charge >= 0.3 is 6.18 Å². The quantitative estimate of drug-likeness (QED) is 0.848. The van der Waals surface area contributed by atoms with Crippen molar-refractivity contribution in [1.29, 1.82) is 5.26 Å². The molecule has 1 amide bonds. The fraction of sp³-hybridized carbons (Fsp3) is 0.857. The number of halogens is 3. The second kappa shape index (κ2) is 6.02. The van der Waals surface area contributed by atoms with Crippen molar-refractivity contribution in [3.05, 3.63) is 0 Å². The average Bonchev–Trinajstić information content (AvgIpc) is 2.85. The monoisotopic (exact) mass is 288 g/mol. The summed E-state index contributed by atoms with van der Waals surface area (Å²) in [5.74, 6) is -1.90. The summed E-state index contributed by atoms with van der Waals surface area (Å²) in [6.45, 7) is 0. The molecule has 6 heteroatoms. The van der Waals surface area contributed by atoms with E-state index in [1.807, 2.05) is 0 Å². The van der Waals surface area contributed by atoms with Crippen LogP contribution >= 0.6 is 0 Å². The maximum Gasteiger partial charge on any atom is 0.391 e. The van der Waals surface area contributed by atoms with E-state index in [9.17, 15) is 18.0 Å². The Morgan fingerprint density at radius 3 is 2.30 bits per heavy atom. The molecular weight excluding hydrogens is 269 g/mol. The number of carbonyl (C=O) groups excluding carboxylic acids is 1. The minimum Gasteiger partial charge on any atom is -0.352 e. The van der Waals surface area contributed by atoms with E-state index in [0.717, 1.165) is 19.3 Å². The normalized spacial score (nSPS) is 34.5. The maximum absolute atomic E-state index is 12.6. The van der Waals surface area contributed by atoms with Crippen molar-refractivity contribution in [2.24, 2.45) is 17.8 Å². The third-order valence-electron chi connectivity index (χ3n) is 4.57. The molecule has 3 nitrogen and oxygen atoms in total. The molecule has 0 aromatic heterocycles. The molecule has 0 aromatic carbocycles. The Bertz CT molecular complexity index is 394. The minimum absolute atomic E-state index is 0.0356. The standard InChI is InChI=1S/C14H19F3N2O/c15-14(16,17)11-6-4-9(5-7-11)13(20)19-12-3-1-2-10(12)8-18/h9-12H,1-7H2,(H,19,20). The Morgan fingerprint density at radius 2 is 1.75 bits per heavy atom. The van der Waals surface area contributed by atoms with Gasteiger partial charge in [0, 0.05) is 12.0 Å². The van der Waals surface area contributed by atoms with Crippen molar-refractivity contribution >= 4 is 5.91 Å². The highest BCUT2D eigenvalue weighted by molar-refractivity contribution is 5.79. The molecule has 0 aromatic rings. The molecule has 20 heavy (non-hydrogen) atoms. The molecule has 0 bridgehead atoms. The van der Waals surface area contributed by atoms with Gasteiger partial charge in [0.2, 0.25) is 5.91 Å². The molecule has 2 saturated carbocycles. The predicted octanol–water partition coefficient (Wildman–Crippen LogP) is 3.16. The smallest absolute Gasteiger partial charge is 0.352 e. The van der Waals surface area contributed by atoms with Crippen LogP contribution in [0, 0.1) is 29.1 Å². The lowest BCUT2D eigenvalue weighted by atomic mass is 9.81. The van der Waals surface area contributed by atoms with Crippen LogP contribution in [0.1, 0.15) is 44.9 Å². The van der Waals surface area contributed by atoms with Gasteiger partial charge < -0.3 is 5.32 Å². The van der Waals surface area contributed by atoms with Crippen LogP contribution in [-0.2, 0) is 4.79 Å². The average molecular weight is 288 g/mol. The summed E-state index contributed by atoms with van der Waals surface area (Å²) in [6, 6.07) is 2.07. The molecule has 2 fully saturated rings. The molecule has 2 aliphatic carbocycles. The molecule has 112 valence electrons. The summed E-state index contributed by atoms with van der Waals surface area (Å²) in [5, 5.41) is 11.8. The van der Waals surface area contributed by atoms with Crippen molar-refractivity contribution < 1.29 is 18.0 Å². The highest BCUT2D eigenvalue weighted by Gasteiger charge is 2.42. The largest absolute Gasteiger partial charge is 0.391 e. The summed E-state index contributed by atoms with van der Waals surface area (Å²) in [6.07, 6.45) is -0.978. The van der Waals surface area contributed by atoms with Crippen LogP contribution in [0.4, 0.5) is 13.2 Å². The number of hydrogen-bond acceptors (Lipinski definition) is 2. The zero-order valence-electron chi connectivity index (χ0n) is 11.2. The van der Waals surface area contributed by atoms with E-state index in [4.69, 9.17) is 5.26 Å². The van der Waals surface area contributed by atoms with Crippen LogP contribution in [-0.4, -0.2) is 18.1 Å². The zero-order valence-corrected chi connectivity index (χ0v) is 11.2. The van der Waals surface area contributed by atoms with Crippen molar-refractivity contribution in [3.63, 3.8) is 0 Å². The molecule has 0 saturated heterocycles. The minimum atomic E-state index is -4.14. The SMILES string of the molecule is N#CC1CCCC1NC(=O)C1CCC(C(F)(F)F)CC1. The van der Waals surface area contributed by atoms with Gasteiger partial charge in [0.15, 0.2) is 0 Å². The van der Waals surface area contributed by atoms with Gasteiger partial charge in [0.05, 0.1) is 17.9 Å². The van der Waals surface area contributed by atoms with Gasteiger partial charge in [0.1, 0.15) is 0 Å². The maximum atomic E-state index is 12.6. The summed E-state index contributed by atoms with van der Waals surface area (Å²) in [5.41, 5.74) is 0. The summed E-state index contributed by atoms with van der Waals surface area (Å²) >= 11 is 0. The highest BCUT2D eigenvalue weighted by atomic mass is 19.4. The van der Waals surface area contributed by atoms with Gasteiger partial charge in [-0.2, -0.15) is 18.4 Å². The first kappa shape index (κ1) is 15.1. The number of hydrogen-bond donors (Lipinski definition) is 1.